The lowest BCUT2D eigenvalue weighted by atomic mass is 9.85. The molecule has 0 unspecified atom stereocenters. The smallest absolute Gasteiger partial charge is 0.197 e. The van der Waals surface area contributed by atoms with Crippen LogP contribution < -0.4 is 0 Å². The van der Waals surface area contributed by atoms with Gasteiger partial charge >= 0.3 is 0 Å². The van der Waals surface area contributed by atoms with Gasteiger partial charge in [0.15, 0.2) is 5.79 Å². The highest BCUT2D eigenvalue weighted by Crippen LogP contribution is 2.41. The van der Waals surface area contributed by atoms with Crippen molar-refractivity contribution in [3.63, 3.8) is 0 Å². The Kier molecular flexibility index (Phi) is 2.79. The molecule has 0 aliphatic carbocycles. The summed E-state index contributed by atoms with van der Waals surface area (Å²) in [6, 6.07) is 0. The molecule has 3 atom stereocenters. The summed E-state index contributed by atoms with van der Waals surface area (Å²) in [5.41, 5.74) is -0.435. The lowest BCUT2D eigenvalue weighted by Gasteiger charge is -2.51. The van der Waals surface area contributed by atoms with Crippen molar-refractivity contribution in [2.24, 2.45) is 0 Å². The fraction of sp³-hybridized carbons (Fsp3) is 1.00. The van der Waals surface area contributed by atoms with E-state index in [-0.39, 0.29) is 0 Å². The minimum Gasteiger partial charge on any atom is -0.390 e. The second-order valence-corrected chi connectivity index (χ2v) is 5.20. The molecule has 0 aromatic rings. The van der Waals surface area contributed by atoms with E-state index in [2.05, 4.69) is 0 Å². The van der Waals surface area contributed by atoms with Crippen LogP contribution in [-0.4, -0.2) is 40.4 Å². The van der Waals surface area contributed by atoms with E-state index in [1.165, 1.54) is 0 Å². The third-order valence-electron chi connectivity index (χ3n) is 3.23. The van der Waals surface area contributed by atoms with E-state index >= 15 is 0 Å². The van der Waals surface area contributed by atoms with Crippen LogP contribution in [-0.2, 0) is 9.47 Å². The molecule has 1 spiro atoms. The zero-order valence-corrected chi connectivity index (χ0v) is 9.40. The summed E-state index contributed by atoms with van der Waals surface area (Å²) in [6.07, 6.45) is 1.39. The van der Waals surface area contributed by atoms with Crippen molar-refractivity contribution < 1.29 is 19.7 Å². The Balaban J connectivity index is 2.20. The zero-order chi connectivity index (χ0) is 11.1. The number of aliphatic hydroxyl groups is 2. The average Bonchev–Trinajstić information content (AvgIpc) is 2.14. The maximum atomic E-state index is 9.99. The van der Waals surface area contributed by atoms with E-state index in [4.69, 9.17) is 9.47 Å². The summed E-state index contributed by atoms with van der Waals surface area (Å²) in [6.45, 7) is 4.43. The Morgan fingerprint density at radius 1 is 1.20 bits per heavy atom. The van der Waals surface area contributed by atoms with Crippen LogP contribution in [0.25, 0.3) is 0 Å². The SMILES string of the molecule is CC1(C)C[C@@H](O)[C@@H](O)[C@]2(CCCCO2)O1. The first kappa shape index (κ1) is 11.3. The fourth-order valence-corrected chi connectivity index (χ4v) is 2.58. The summed E-state index contributed by atoms with van der Waals surface area (Å²) >= 11 is 0. The highest BCUT2D eigenvalue weighted by Gasteiger charge is 2.53. The molecule has 88 valence electrons. The largest absolute Gasteiger partial charge is 0.390 e. The second kappa shape index (κ2) is 3.70. The molecule has 2 rings (SSSR count). The zero-order valence-electron chi connectivity index (χ0n) is 9.40. The maximum absolute atomic E-state index is 9.99. The summed E-state index contributed by atoms with van der Waals surface area (Å²) in [4.78, 5) is 0. The van der Waals surface area contributed by atoms with Gasteiger partial charge in [0, 0.05) is 12.8 Å². The van der Waals surface area contributed by atoms with E-state index < -0.39 is 23.6 Å². The first-order valence-corrected chi connectivity index (χ1v) is 5.65. The molecule has 2 fully saturated rings. The summed E-state index contributed by atoms with van der Waals surface area (Å²) in [5, 5.41) is 19.8. The quantitative estimate of drug-likeness (QED) is 0.629. The molecule has 2 aliphatic heterocycles. The van der Waals surface area contributed by atoms with Crippen molar-refractivity contribution in [2.75, 3.05) is 6.61 Å². The van der Waals surface area contributed by atoms with Crippen molar-refractivity contribution in [1.29, 1.82) is 0 Å². The molecule has 2 saturated heterocycles. The predicted molar refractivity (Wildman–Crippen MR) is 54.3 cm³/mol. The van der Waals surface area contributed by atoms with Crippen LogP contribution >= 0.6 is 0 Å². The van der Waals surface area contributed by atoms with Crippen LogP contribution in [0, 0.1) is 0 Å². The van der Waals surface area contributed by atoms with E-state index in [1.54, 1.807) is 0 Å². The minimum atomic E-state index is -0.973. The van der Waals surface area contributed by atoms with Gasteiger partial charge in [-0.25, -0.2) is 0 Å². The molecule has 2 heterocycles. The van der Waals surface area contributed by atoms with Gasteiger partial charge in [-0.15, -0.1) is 0 Å². The van der Waals surface area contributed by atoms with Gasteiger partial charge in [-0.1, -0.05) is 0 Å². The monoisotopic (exact) mass is 216 g/mol. The van der Waals surface area contributed by atoms with E-state index in [1.807, 2.05) is 13.8 Å². The van der Waals surface area contributed by atoms with Crippen molar-refractivity contribution in [2.45, 2.75) is 63.1 Å². The molecule has 0 aromatic heterocycles. The standard InChI is InChI=1S/C11H20O4/c1-10(2)7-8(12)9(13)11(15-10)5-3-4-6-14-11/h8-9,12-13H,3-7H2,1-2H3/t8-,9-,11+/m1/s1. The van der Waals surface area contributed by atoms with Crippen molar-refractivity contribution >= 4 is 0 Å². The molecule has 15 heavy (non-hydrogen) atoms. The molecule has 0 aromatic carbocycles. The summed E-state index contributed by atoms with van der Waals surface area (Å²) < 4.78 is 11.4. The lowest BCUT2D eigenvalue weighted by Crippen LogP contribution is -2.63. The van der Waals surface area contributed by atoms with Crippen LogP contribution in [0.4, 0.5) is 0 Å². The molecule has 2 aliphatic rings. The van der Waals surface area contributed by atoms with Crippen molar-refractivity contribution in [3.05, 3.63) is 0 Å². The van der Waals surface area contributed by atoms with E-state index in [0.29, 0.717) is 19.4 Å². The highest BCUT2D eigenvalue weighted by molar-refractivity contribution is 4.96. The highest BCUT2D eigenvalue weighted by atomic mass is 16.7. The Bertz CT molecular complexity index is 233. The maximum Gasteiger partial charge on any atom is 0.197 e. The Labute approximate surface area is 90.2 Å². The number of hydrogen-bond acceptors (Lipinski definition) is 4. The second-order valence-electron chi connectivity index (χ2n) is 5.20. The van der Waals surface area contributed by atoms with Crippen molar-refractivity contribution in [3.8, 4) is 0 Å². The molecule has 2 N–H and O–H groups in total. The van der Waals surface area contributed by atoms with Crippen molar-refractivity contribution in [1.82, 2.24) is 0 Å². The van der Waals surface area contributed by atoms with Gasteiger partial charge in [-0.2, -0.15) is 0 Å². The van der Waals surface area contributed by atoms with Crippen LogP contribution in [0.1, 0.15) is 39.5 Å². The molecule has 0 amide bonds. The van der Waals surface area contributed by atoms with Crippen LogP contribution in [0.15, 0.2) is 0 Å². The van der Waals surface area contributed by atoms with Gasteiger partial charge in [0.1, 0.15) is 6.10 Å². The average molecular weight is 216 g/mol. The van der Waals surface area contributed by atoms with Gasteiger partial charge in [-0.05, 0) is 26.7 Å². The molecule has 0 bridgehead atoms. The van der Waals surface area contributed by atoms with Crippen LogP contribution in [0.3, 0.4) is 0 Å². The topological polar surface area (TPSA) is 58.9 Å². The first-order valence-electron chi connectivity index (χ1n) is 5.65. The fourth-order valence-electron chi connectivity index (χ4n) is 2.58. The summed E-state index contributed by atoms with van der Waals surface area (Å²) in [5.74, 6) is -0.973. The Hall–Kier alpha value is -0.160. The molecule has 0 radical (unpaired) electrons. The Morgan fingerprint density at radius 3 is 2.53 bits per heavy atom. The van der Waals surface area contributed by atoms with E-state index in [0.717, 1.165) is 12.8 Å². The van der Waals surface area contributed by atoms with Gasteiger partial charge < -0.3 is 19.7 Å². The summed E-state index contributed by atoms with van der Waals surface area (Å²) in [7, 11) is 0. The van der Waals surface area contributed by atoms with E-state index in [9.17, 15) is 10.2 Å². The van der Waals surface area contributed by atoms with Gasteiger partial charge in [-0.3, -0.25) is 0 Å². The third kappa shape index (κ3) is 2.04. The molecular weight excluding hydrogens is 196 g/mol. The number of ether oxygens (including phenoxy) is 2. The van der Waals surface area contributed by atoms with Crippen LogP contribution in [0.5, 0.6) is 0 Å². The normalized spacial score (nSPS) is 45.6. The molecule has 4 heteroatoms. The molecule has 0 saturated carbocycles. The first-order chi connectivity index (χ1) is 6.95. The lowest BCUT2D eigenvalue weighted by molar-refractivity contribution is -0.370. The molecular formula is C11H20O4. The predicted octanol–water partition coefficient (Wildman–Crippen LogP) is 0.804. The number of rotatable bonds is 0. The van der Waals surface area contributed by atoms with Crippen LogP contribution in [0.2, 0.25) is 0 Å². The minimum absolute atomic E-state index is 0.435. The van der Waals surface area contributed by atoms with Gasteiger partial charge in [0.25, 0.3) is 0 Å². The Morgan fingerprint density at radius 2 is 1.93 bits per heavy atom. The number of hydrogen-bond donors (Lipinski definition) is 2. The number of aliphatic hydroxyl groups excluding tert-OH is 2. The van der Waals surface area contributed by atoms with Gasteiger partial charge in [0.05, 0.1) is 18.3 Å². The molecule has 4 nitrogen and oxygen atoms in total. The third-order valence-corrected chi connectivity index (χ3v) is 3.23. The van der Waals surface area contributed by atoms with Gasteiger partial charge in [0.2, 0.25) is 0 Å².